The van der Waals surface area contributed by atoms with Gasteiger partial charge < -0.3 is 0 Å². The van der Waals surface area contributed by atoms with Gasteiger partial charge in [0.05, 0.1) is 0 Å². The predicted molar refractivity (Wildman–Crippen MR) is 85.8 cm³/mol. The lowest BCUT2D eigenvalue weighted by molar-refractivity contribution is -0.367. The third-order valence-electron chi connectivity index (χ3n) is 1.50. The molecule has 0 bridgehead atoms. The smallest absolute Gasteiger partial charge is 0.192 e. The van der Waals surface area contributed by atoms with E-state index in [1.807, 2.05) is 0 Å². The van der Waals surface area contributed by atoms with Crippen LogP contribution in [-0.2, 0) is 0 Å². The van der Waals surface area contributed by atoms with E-state index in [1.54, 1.807) is 0 Å². The fourth-order valence-electron chi connectivity index (χ4n) is 0.553. The highest BCUT2D eigenvalue weighted by atomic mass is 127. The maximum absolute atomic E-state index is 12.5. The summed E-state index contributed by atoms with van der Waals surface area (Å²) in [5.41, 5.74) is 0. The molecule has 0 spiro atoms. The van der Waals surface area contributed by atoms with Gasteiger partial charge in [-0.05, 0) is 0 Å². The maximum Gasteiger partial charge on any atom is 0.387 e. The number of halogens is 16. The van der Waals surface area contributed by atoms with E-state index in [2.05, 4.69) is 0 Å². The van der Waals surface area contributed by atoms with Crippen molar-refractivity contribution >= 4 is 90.4 Å². The van der Waals surface area contributed by atoms with Gasteiger partial charge in [0.15, 0.2) is 0 Å². The van der Waals surface area contributed by atoms with Crippen molar-refractivity contribution in [1.82, 2.24) is 0 Å². The Morgan fingerprint density at radius 2 is 0.500 bits per heavy atom. The van der Waals surface area contributed by atoms with Crippen LogP contribution in [0.3, 0.4) is 0 Å². The topological polar surface area (TPSA) is 0 Å². The lowest BCUT2D eigenvalue weighted by Gasteiger charge is -2.36. The molecule has 0 radical (unpaired) electrons. The molecule has 0 aromatic carbocycles. The van der Waals surface area contributed by atoms with Crippen molar-refractivity contribution in [3.63, 3.8) is 0 Å². The molecule has 0 fully saturated rings. The van der Waals surface area contributed by atoms with Crippen LogP contribution in [0.5, 0.6) is 0 Å². The van der Waals surface area contributed by atoms with Crippen molar-refractivity contribution in [3.05, 3.63) is 0 Å². The van der Waals surface area contributed by atoms with Crippen LogP contribution in [0.4, 0.5) is 52.7 Å². The van der Waals surface area contributed by atoms with Gasteiger partial charge in [-0.1, -0.05) is 0 Å². The summed E-state index contributed by atoms with van der Waals surface area (Å²) in [6, 6.07) is 0. The third-order valence-corrected chi connectivity index (χ3v) is 2.86. The van der Waals surface area contributed by atoms with Gasteiger partial charge in [0.1, 0.15) is 0 Å². The van der Waals surface area contributed by atoms with Gasteiger partial charge in [-0.2, -0.15) is 52.7 Å². The second-order valence-corrected chi connectivity index (χ2v) is 10.6. The largest absolute Gasteiger partial charge is 0.387 e. The monoisotopic (exact) mass is 808 g/mol. The Morgan fingerprint density at radius 3 is 0.591 bits per heavy atom. The quantitative estimate of drug-likeness (QED) is 0.159. The number of hydrogen-bond acceptors (Lipinski definition) is 0. The molecule has 0 nitrogen and oxygen atoms in total. The fraction of sp³-hybridized carbons (Fsp3) is 1.00. The predicted octanol–water partition coefficient (Wildman–Crippen LogP) is 7.35. The molecule has 16 heteroatoms. The van der Waals surface area contributed by atoms with E-state index in [0.717, 1.165) is 45.2 Å². The lowest BCUT2D eigenvalue weighted by Crippen LogP contribution is -2.64. The van der Waals surface area contributed by atoms with Crippen LogP contribution in [0.1, 0.15) is 0 Å². The molecule has 0 aliphatic rings. The van der Waals surface area contributed by atoms with Crippen LogP contribution in [0.15, 0.2) is 0 Å². The van der Waals surface area contributed by atoms with Crippen LogP contribution >= 0.6 is 90.4 Å². The van der Waals surface area contributed by atoms with Gasteiger partial charge in [0, 0.05) is 90.4 Å². The summed E-state index contributed by atoms with van der Waals surface area (Å²) in [5.74, 6) is -20.2. The van der Waals surface area contributed by atoms with E-state index >= 15 is 0 Å². The Morgan fingerprint density at radius 1 is 0.364 bits per heavy atom. The van der Waals surface area contributed by atoms with Crippen LogP contribution < -0.4 is 0 Å². The minimum absolute atomic E-state index is 0.531. The molecule has 0 N–H and O–H groups in total. The first-order valence-corrected chi connectivity index (χ1v) is 8.34. The third kappa shape index (κ3) is 6.77. The van der Waals surface area contributed by atoms with Crippen molar-refractivity contribution in [2.75, 3.05) is 0 Å². The van der Waals surface area contributed by atoms with Crippen LogP contribution in [-0.4, -0.2) is 27.6 Å². The minimum Gasteiger partial charge on any atom is -0.192 e. The number of hydrogen-bond donors (Lipinski definition) is 0. The van der Waals surface area contributed by atoms with Crippen LogP contribution in [0.2, 0.25) is 0 Å². The SMILES string of the molecule is FC(F)(I)C(F)(F)C(F)(F)C(F)(F)C(F)(F)I.FC(F)(I)I. The average molecular weight is 808 g/mol. The molecule has 0 unspecified atom stereocenters. The summed E-state index contributed by atoms with van der Waals surface area (Å²) in [6.45, 7) is 0. The summed E-state index contributed by atoms with van der Waals surface area (Å²) < 4.78 is 131. The highest BCUT2D eigenvalue weighted by Crippen LogP contribution is 2.59. The van der Waals surface area contributed by atoms with Gasteiger partial charge in [0.2, 0.25) is 0 Å². The molecule has 0 amide bonds. The second-order valence-electron chi connectivity index (χ2n) is 3.15. The molecule has 136 valence electrons. The van der Waals surface area contributed by atoms with Crippen molar-refractivity contribution in [1.29, 1.82) is 0 Å². The molecule has 0 aliphatic heterocycles. The number of rotatable bonds is 4. The van der Waals surface area contributed by atoms with E-state index in [1.165, 1.54) is 0 Å². The first kappa shape index (κ1) is 26.3. The van der Waals surface area contributed by atoms with Crippen LogP contribution in [0.25, 0.3) is 0 Å². The van der Waals surface area contributed by atoms with Crippen LogP contribution in [0, 0.1) is 0 Å². The summed E-state index contributed by atoms with van der Waals surface area (Å²) in [5, 5.41) is 0. The summed E-state index contributed by atoms with van der Waals surface area (Å²) in [4.78, 5) is 0. The molecule has 0 heterocycles. The molecule has 0 atom stereocenters. The fourth-order valence-corrected chi connectivity index (χ4v) is 1.23. The normalized spacial score (nSPS) is 15.3. The van der Waals surface area contributed by atoms with Gasteiger partial charge >= 0.3 is 27.6 Å². The standard InChI is InChI=1S/C5F10I2.CF2I2/c6-1(7,2(8,9)4(12,13)16)3(10,11)5(14,15)17;2-1(3,4)5. The Bertz CT molecular complexity index is 329. The van der Waals surface area contributed by atoms with E-state index < -0.39 is 72.7 Å². The highest BCUT2D eigenvalue weighted by molar-refractivity contribution is 14.2. The van der Waals surface area contributed by atoms with Crippen molar-refractivity contribution in [2.45, 2.75) is 27.6 Å². The van der Waals surface area contributed by atoms with E-state index in [0.29, 0.717) is 0 Å². The zero-order valence-electron chi connectivity index (χ0n) is 9.05. The molecule has 22 heavy (non-hydrogen) atoms. The summed E-state index contributed by atoms with van der Waals surface area (Å²) >= 11 is 0.999. The lowest BCUT2D eigenvalue weighted by atomic mass is 10.1. The Hall–Kier alpha value is 2.08. The van der Waals surface area contributed by atoms with E-state index in [9.17, 15) is 52.7 Å². The molecule has 0 saturated heterocycles. The average Bonchev–Trinajstić information content (AvgIpc) is 2.10. The van der Waals surface area contributed by atoms with Gasteiger partial charge in [-0.3, -0.25) is 0 Å². The Kier molecular flexibility index (Phi) is 9.28. The van der Waals surface area contributed by atoms with E-state index in [4.69, 9.17) is 0 Å². The molecular weight excluding hydrogens is 808 g/mol. The molecule has 0 rings (SSSR count). The first-order chi connectivity index (χ1) is 9.00. The zero-order valence-corrected chi connectivity index (χ0v) is 17.7. The summed E-state index contributed by atoms with van der Waals surface area (Å²) in [7, 11) is 0. The van der Waals surface area contributed by atoms with Crippen molar-refractivity contribution in [3.8, 4) is 0 Å². The van der Waals surface area contributed by atoms with Gasteiger partial charge in [-0.15, -0.1) is 0 Å². The number of alkyl halides is 16. The second kappa shape index (κ2) is 7.76. The Labute approximate surface area is 169 Å². The van der Waals surface area contributed by atoms with Gasteiger partial charge in [-0.25, -0.2) is 0 Å². The first-order valence-electron chi connectivity index (χ1n) is 4.02. The zero-order chi connectivity index (χ0) is 19.0. The van der Waals surface area contributed by atoms with Crippen molar-refractivity contribution < 1.29 is 52.7 Å². The highest BCUT2D eigenvalue weighted by Gasteiger charge is 2.85. The molecular formula is C6F12I4. The van der Waals surface area contributed by atoms with Crippen molar-refractivity contribution in [2.24, 2.45) is 0 Å². The Balaban J connectivity index is 0. The van der Waals surface area contributed by atoms with Gasteiger partial charge in [0.25, 0.3) is 0 Å². The maximum atomic E-state index is 12.5. The minimum atomic E-state index is -6.92. The molecule has 0 aliphatic carbocycles. The van der Waals surface area contributed by atoms with E-state index in [-0.39, 0.29) is 0 Å². The molecule has 0 aromatic heterocycles. The molecule has 0 aromatic rings. The summed E-state index contributed by atoms with van der Waals surface area (Å²) in [6.07, 6.45) is 0. The molecule has 0 saturated carbocycles.